The van der Waals surface area contributed by atoms with Crippen molar-refractivity contribution in [3.05, 3.63) is 83.4 Å². The molecule has 0 amide bonds. The molecule has 0 fully saturated rings. The molecule has 1 unspecified atom stereocenters. The van der Waals surface area contributed by atoms with Gasteiger partial charge in [-0.15, -0.1) is 0 Å². The van der Waals surface area contributed by atoms with E-state index >= 15 is 0 Å². The van der Waals surface area contributed by atoms with E-state index in [0.717, 1.165) is 16.7 Å². The fraction of sp³-hybridized carbons (Fsp3) is 0.0952. The lowest BCUT2D eigenvalue weighted by Gasteiger charge is -2.11. The van der Waals surface area contributed by atoms with Crippen LogP contribution in [0.15, 0.2) is 72.8 Å². The van der Waals surface area contributed by atoms with Gasteiger partial charge in [0.15, 0.2) is 0 Å². The van der Waals surface area contributed by atoms with E-state index in [0.29, 0.717) is 16.5 Å². The Morgan fingerprint density at radius 2 is 1.62 bits per heavy atom. The van der Waals surface area contributed by atoms with Crippen LogP contribution in [0, 0.1) is 0 Å². The quantitative estimate of drug-likeness (QED) is 0.659. The minimum atomic E-state index is -1.02. The fourth-order valence-corrected chi connectivity index (χ4v) is 2.72. The van der Waals surface area contributed by atoms with Gasteiger partial charge >= 0.3 is 5.97 Å². The topological polar surface area (TPSA) is 72.5 Å². The maximum Gasteiger partial charge on any atom is 0.320 e. The van der Waals surface area contributed by atoms with E-state index < -0.39 is 12.0 Å². The van der Waals surface area contributed by atoms with Crippen LogP contribution in [-0.4, -0.2) is 17.1 Å². The van der Waals surface area contributed by atoms with Crippen LogP contribution >= 0.6 is 11.6 Å². The van der Waals surface area contributed by atoms with Gasteiger partial charge in [-0.25, -0.2) is 0 Å². The molecular weight excluding hydrogens is 350 g/mol. The normalized spacial score (nSPS) is 11.8. The Morgan fingerprint density at radius 3 is 2.31 bits per heavy atom. The van der Waals surface area contributed by atoms with Crippen molar-refractivity contribution in [3.63, 3.8) is 0 Å². The molecule has 0 radical (unpaired) electrons. The van der Waals surface area contributed by atoms with Crippen LogP contribution in [0.3, 0.4) is 0 Å². The SMILES string of the molecule is NC(Cc1cccc(Oc2cccc(-c3ccc(Cl)cc3)c2)c1)C(=O)O. The third-order valence-corrected chi connectivity index (χ3v) is 4.17. The smallest absolute Gasteiger partial charge is 0.320 e. The lowest BCUT2D eigenvalue weighted by molar-refractivity contribution is -0.138. The van der Waals surface area contributed by atoms with Gasteiger partial charge in [-0.05, 0) is 59.5 Å². The molecule has 0 aromatic heterocycles. The lowest BCUT2D eigenvalue weighted by atomic mass is 10.1. The number of hydrogen-bond acceptors (Lipinski definition) is 3. The standard InChI is InChI=1S/C21H18ClNO3/c22-17-9-7-15(8-10-17)16-4-2-6-19(13-16)26-18-5-1-3-14(11-18)12-20(23)21(24)25/h1-11,13,20H,12,23H2,(H,24,25). The molecule has 5 heteroatoms. The van der Waals surface area contributed by atoms with Gasteiger partial charge in [-0.2, -0.15) is 0 Å². The zero-order valence-corrected chi connectivity index (χ0v) is 14.7. The molecule has 3 N–H and O–H groups in total. The van der Waals surface area contributed by atoms with Gasteiger partial charge in [0, 0.05) is 5.02 Å². The highest BCUT2D eigenvalue weighted by molar-refractivity contribution is 6.30. The van der Waals surface area contributed by atoms with Crippen LogP contribution < -0.4 is 10.5 Å². The first-order chi connectivity index (χ1) is 12.5. The number of halogens is 1. The molecule has 3 aromatic rings. The average molecular weight is 368 g/mol. The van der Waals surface area contributed by atoms with E-state index in [1.807, 2.05) is 66.7 Å². The van der Waals surface area contributed by atoms with Gasteiger partial charge in [-0.1, -0.05) is 48.0 Å². The Balaban J connectivity index is 1.78. The van der Waals surface area contributed by atoms with E-state index in [2.05, 4.69) is 0 Å². The molecule has 0 aliphatic carbocycles. The molecule has 0 heterocycles. The third-order valence-electron chi connectivity index (χ3n) is 3.92. The third kappa shape index (κ3) is 4.63. The van der Waals surface area contributed by atoms with E-state index in [4.69, 9.17) is 27.2 Å². The van der Waals surface area contributed by atoms with Gasteiger partial charge in [0.05, 0.1) is 0 Å². The Morgan fingerprint density at radius 1 is 0.962 bits per heavy atom. The molecular formula is C21H18ClNO3. The zero-order chi connectivity index (χ0) is 18.5. The Labute approximate surface area is 156 Å². The Hall–Kier alpha value is -2.82. The highest BCUT2D eigenvalue weighted by atomic mass is 35.5. The van der Waals surface area contributed by atoms with Crippen molar-refractivity contribution in [2.75, 3.05) is 0 Å². The summed E-state index contributed by atoms with van der Waals surface area (Å²) in [6, 6.07) is 21.7. The number of rotatable bonds is 6. The van der Waals surface area contributed by atoms with Gasteiger partial charge in [0.1, 0.15) is 17.5 Å². The molecule has 0 spiro atoms. The number of ether oxygens (including phenoxy) is 1. The maximum absolute atomic E-state index is 10.9. The number of carboxylic acids is 1. The van der Waals surface area contributed by atoms with Gasteiger partial charge in [-0.3, -0.25) is 4.79 Å². The van der Waals surface area contributed by atoms with Crippen molar-refractivity contribution < 1.29 is 14.6 Å². The van der Waals surface area contributed by atoms with E-state index in [9.17, 15) is 4.79 Å². The molecule has 132 valence electrons. The molecule has 0 aliphatic heterocycles. The van der Waals surface area contributed by atoms with Crippen molar-refractivity contribution >= 4 is 17.6 Å². The number of carboxylic acid groups (broad SMARTS) is 1. The highest BCUT2D eigenvalue weighted by Gasteiger charge is 2.12. The largest absolute Gasteiger partial charge is 0.480 e. The molecule has 3 aromatic carbocycles. The maximum atomic E-state index is 10.9. The molecule has 0 aliphatic rings. The summed E-state index contributed by atoms with van der Waals surface area (Å²) in [4.78, 5) is 10.9. The molecule has 1 atom stereocenters. The van der Waals surface area contributed by atoms with Crippen molar-refractivity contribution in [2.24, 2.45) is 5.73 Å². The van der Waals surface area contributed by atoms with Crippen molar-refractivity contribution in [1.82, 2.24) is 0 Å². The van der Waals surface area contributed by atoms with E-state index in [1.165, 1.54) is 0 Å². The van der Waals surface area contributed by atoms with Crippen LogP contribution in [0.4, 0.5) is 0 Å². The molecule has 4 nitrogen and oxygen atoms in total. The highest BCUT2D eigenvalue weighted by Crippen LogP contribution is 2.28. The van der Waals surface area contributed by atoms with E-state index in [-0.39, 0.29) is 6.42 Å². The number of benzene rings is 3. The summed E-state index contributed by atoms with van der Waals surface area (Å²) in [6.07, 6.45) is 0.247. The Kier molecular flexibility index (Phi) is 5.56. The van der Waals surface area contributed by atoms with Gasteiger partial charge in [0.2, 0.25) is 0 Å². The van der Waals surface area contributed by atoms with Crippen LogP contribution in [0.25, 0.3) is 11.1 Å². The molecule has 0 saturated carbocycles. The second-order valence-corrected chi connectivity index (χ2v) is 6.37. The minimum absolute atomic E-state index is 0.247. The summed E-state index contributed by atoms with van der Waals surface area (Å²) in [6.45, 7) is 0. The molecule has 3 rings (SSSR count). The summed E-state index contributed by atoms with van der Waals surface area (Å²) in [5.41, 5.74) is 8.47. The molecule has 26 heavy (non-hydrogen) atoms. The van der Waals surface area contributed by atoms with Crippen LogP contribution in [0.2, 0.25) is 5.02 Å². The average Bonchev–Trinajstić information content (AvgIpc) is 2.63. The summed E-state index contributed by atoms with van der Waals surface area (Å²) in [7, 11) is 0. The van der Waals surface area contributed by atoms with Gasteiger partial charge in [0.25, 0.3) is 0 Å². The van der Waals surface area contributed by atoms with Crippen LogP contribution in [0.1, 0.15) is 5.56 Å². The lowest BCUT2D eigenvalue weighted by Crippen LogP contribution is -2.32. The summed E-state index contributed by atoms with van der Waals surface area (Å²) in [5.74, 6) is 0.303. The van der Waals surface area contributed by atoms with Crippen LogP contribution in [-0.2, 0) is 11.2 Å². The summed E-state index contributed by atoms with van der Waals surface area (Å²) >= 11 is 5.94. The number of nitrogens with two attached hydrogens (primary N) is 1. The fourth-order valence-electron chi connectivity index (χ4n) is 2.59. The summed E-state index contributed by atoms with van der Waals surface area (Å²) < 4.78 is 5.93. The first-order valence-electron chi connectivity index (χ1n) is 8.12. The Bertz CT molecular complexity index is 909. The molecule has 0 bridgehead atoms. The van der Waals surface area contributed by atoms with E-state index in [1.54, 1.807) is 6.07 Å². The monoisotopic (exact) mass is 367 g/mol. The second kappa shape index (κ2) is 8.04. The first-order valence-corrected chi connectivity index (χ1v) is 8.50. The number of aliphatic carboxylic acids is 1. The van der Waals surface area contributed by atoms with Gasteiger partial charge < -0.3 is 15.6 Å². The zero-order valence-electron chi connectivity index (χ0n) is 13.9. The number of carbonyl (C=O) groups is 1. The van der Waals surface area contributed by atoms with Crippen molar-refractivity contribution in [1.29, 1.82) is 0 Å². The van der Waals surface area contributed by atoms with Crippen molar-refractivity contribution in [3.8, 4) is 22.6 Å². The predicted octanol–water partition coefficient (Wildman–Crippen LogP) is 4.75. The first kappa shape index (κ1) is 18.0. The van der Waals surface area contributed by atoms with Crippen molar-refractivity contribution in [2.45, 2.75) is 12.5 Å². The number of hydrogen-bond donors (Lipinski definition) is 2. The van der Waals surface area contributed by atoms with Crippen LogP contribution in [0.5, 0.6) is 11.5 Å². The second-order valence-electron chi connectivity index (χ2n) is 5.93. The minimum Gasteiger partial charge on any atom is -0.480 e. The summed E-state index contributed by atoms with van der Waals surface area (Å²) in [5, 5.41) is 9.63. The molecule has 0 saturated heterocycles. The predicted molar refractivity (Wildman–Crippen MR) is 103 cm³/mol.